The van der Waals surface area contributed by atoms with Crippen LogP contribution in [-0.4, -0.2) is 70.9 Å². The minimum absolute atomic E-state index is 0.0775. The van der Waals surface area contributed by atoms with E-state index in [9.17, 15) is 23.2 Å². The van der Waals surface area contributed by atoms with Crippen molar-refractivity contribution < 1.29 is 18.0 Å². The van der Waals surface area contributed by atoms with Crippen molar-refractivity contribution >= 4 is 28.9 Å². The fourth-order valence-corrected chi connectivity index (χ4v) is 4.64. The van der Waals surface area contributed by atoms with Crippen molar-refractivity contribution in [3.8, 4) is 6.07 Å². The van der Waals surface area contributed by atoms with Gasteiger partial charge in [-0.3, -0.25) is 15.1 Å². The molecule has 0 radical (unpaired) electrons. The third-order valence-corrected chi connectivity index (χ3v) is 6.61. The lowest BCUT2D eigenvalue weighted by Gasteiger charge is -2.36. The number of alkyl halides is 3. The third kappa shape index (κ3) is 5.37. The molecule has 4 heterocycles. The number of fused-ring (bicyclic) bond motifs is 1. The van der Waals surface area contributed by atoms with E-state index in [0.29, 0.717) is 48.9 Å². The van der Waals surface area contributed by atoms with E-state index >= 15 is 0 Å². The van der Waals surface area contributed by atoms with Gasteiger partial charge in [0, 0.05) is 68.7 Å². The summed E-state index contributed by atoms with van der Waals surface area (Å²) in [7, 11) is 1.75. The quantitative estimate of drug-likeness (QED) is 0.558. The topological polar surface area (TPSA) is 126 Å². The van der Waals surface area contributed by atoms with Gasteiger partial charge in [0.25, 0.3) is 0 Å². The Morgan fingerprint density at radius 2 is 2.11 bits per heavy atom. The van der Waals surface area contributed by atoms with Gasteiger partial charge in [0.2, 0.25) is 5.91 Å². The summed E-state index contributed by atoms with van der Waals surface area (Å²) in [6, 6.07) is 2.97. The molecule has 2 aliphatic heterocycles. The van der Waals surface area contributed by atoms with Gasteiger partial charge in [-0.2, -0.15) is 18.4 Å². The highest BCUT2D eigenvalue weighted by Gasteiger charge is 2.33. The molecule has 36 heavy (non-hydrogen) atoms. The van der Waals surface area contributed by atoms with Gasteiger partial charge in [-0.1, -0.05) is 0 Å². The maximum absolute atomic E-state index is 13.3. The maximum atomic E-state index is 13.3. The van der Waals surface area contributed by atoms with E-state index in [2.05, 4.69) is 26.3 Å². The second kappa shape index (κ2) is 10.3. The molecule has 1 fully saturated rings. The molecule has 1 unspecified atom stereocenters. The van der Waals surface area contributed by atoms with Crippen LogP contribution in [0.2, 0.25) is 0 Å². The lowest BCUT2D eigenvalue weighted by molar-refractivity contribution is -0.137. The second-order valence-corrected chi connectivity index (χ2v) is 9.37. The Kier molecular flexibility index (Phi) is 7.33. The summed E-state index contributed by atoms with van der Waals surface area (Å²) in [6.07, 6.45) is 0.793. The zero-order chi connectivity index (χ0) is 26.0. The number of aromatic amines is 1. The Labute approximate surface area is 206 Å². The SMILES string of the molecule is C[C@H](N)CC(=O)N1CCC(CNC2N=CC(C#N)=C(c3c[nH]c4ncc(C(F)(F)F)cc34)N2C)CC1. The number of allylic oxidation sites excluding steroid dienone is 1. The van der Waals surface area contributed by atoms with Crippen LogP contribution in [-0.2, 0) is 11.0 Å². The number of nitrogens with one attached hydrogen (secondary N) is 2. The molecule has 0 bridgehead atoms. The van der Waals surface area contributed by atoms with Gasteiger partial charge in [0.15, 0.2) is 6.29 Å². The zero-order valence-electron chi connectivity index (χ0n) is 20.1. The van der Waals surface area contributed by atoms with Crippen LogP contribution in [0.5, 0.6) is 0 Å². The number of nitrogens with two attached hydrogens (primary N) is 1. The number of nitrogens with zero attached hydrogens (tertiary/aromatic N) is 5. The molecule has 192 valence electrons. The fourth-order valence-electron chi connectivity index (χ4n) is 4.64. The Balaban J connectivity index is 1.46. The van der Waals surface area contributed by atoms with Gasteiger partial charge in [-0.25, -0.2) is 4.98 Å². The number of rotatable bonds is 6. The summed E-state index contributed by atoms with van der Waals surface area (Å²) in [5.41, 5.74) is 6.34. The minimum Gasteiger partial charge on any atom is -0.345 e. The number of nitriles is 1. The number of hydrogen-bond donors (Lipinski definition) is 3. The largest absolute Gasteiger partial charge is 0.417 e. The van der Waals surface area contributed by atoms with E-state index < -0.39 is 18.0 Å². The number of likely N-dealkylation sites (tertiary alicyclic amines) is 1. The number of piperidine rings is 1. The number of carbonyl (C=O) groups excluding carboxylic acids is 1. The smallest absolute Gasteiger partial charge is 0.345 e. The van der Waals surface area contributed by atoms with Crippen molar-refractivity contribution in [3.63, 3.8) is 0 Å². The molecule has 4 rings (SSSR count). The van der Waals surface area contributed by atoms with Crippen molar-refractivity contribution in [2.75, 3.05) is 26.7 Å². The minimum atomic E-state index is -4.53. The lowest BCUT2D eigenvalue weighted by atomic mass is 9.96. The average molecular weight is 503 g/mol. The number of aliphatic imine (C=N–C) groups is 1. The predicted molar refractivity (Wildman–Crippen MR) is 129 cm³/mol. The van der Waals surface area contributed by atoms with Crippen LogP contribution in [0.3, 0.4) is 0 Å². The van der Waals surface area contributed by atoms with Gasteiger partial charge < -0.3 is 20.5 Å². The van der Waals surface area contributed by atoms with E-state index in [-0.39, 0.29) is 22.9 Å². The van der Waals surface area contributed by atoms with Crippen molar-refractivity contribution in [1.29, 1.82) is 5.26 Å². The number of carbonyl (C=O) groups is 1. The highest BCUT2D eigenvalue weighted by molar-refractivity contribution is 6.01. The monoisotopic (exact) mass is 502 g/mol. The summed E-state index contributed by atoms with van der Waals surface area (Å²) in [5, 5.41) is 13.4. The Bertz CT molecular complexity index is 1220. The molecule has 2 aromatic rings. The van der Waals surface area contributed by atoms with Crippen molar-refractivity contribution in [2.45, 2.75) is 44.7 Å². The third-order valence-electron chi connectivity index (χ3n) is 6.61. The first-order valence-corrected chi connectivity index (χ1v) is 11.8. The maximum Gasteiger partial charge on any atom is 0.417 e. The molecular weight excluding hydrogens is 473 g/mol. The predicted octanol–water partition coefficient (Wildman–Crippen LogP) is 2.68. The van der Waals surface area contributed by atoms with Gasteiger partial charge >= 0.3 is 6.18 Å². The van der Waals surface area contributed by atoms with Crippen LogP contribution in [0.4, 0.5) is 13.2 Å². The molecule has 1 saturated heterocycles. The Morgan fingerprint density at radius 3 is 2.75 bits per heavy atom. The molecule has 2 aromatic heterocycles. The van der Waals surface area contributed by atoms with Gasteiger partial charge in [-0.15, -0.1) is 0 Å². The van der Waals surface area contributed by atoms with Gasteiger partial charge in [0.05, 0.1) is 16.8 Å². The first-order valence-electron chi connectivity index (χ1n) is 11.8. The number of amides is 1. The van der Waals surface area contributed by atoms with Crippen LogP contribution in [0, 0.1) is 17.2 Å². The molecule has 9 nitrogen and oxygen atoms in total. The van der Waals surface area contributed by atoms with Crippen molar-refractivity contribution in [1.82, 2.24) is 25.1 Å². The summed E-state index contributed by atoms with van der Waals surface area (Å²) in [6.45, 7) is 3.81. The molecule has 0 spiro atoms. The number of H-pyrrole nitrogens is 1. The van der Waals surface area contributed by atoms with Crippen LogP contribution >= 0.6 is 0 Å². The Hall–Kier alpha value is -3.43. The summed E-state index contributed by atoms with van der Waals surface area (Å²) in [4.78, 5) is 27.1. The normalized spacial score (nSPS) is 20.2. The summed E-state index contributed by atoms with van der Waals surface area (Å²) >= 11 is 0. The van der Waals surface area contributed by atoms with E-state index in [0.717, 1.165) is 25.1 Å². The molecule has 0 aliphatic carbocycles. The van der Waals surface area contributed by atoms with Crippen LogP contribution in [0.1, 0.15) is 37.3 Å². The molecule has 0 saturated carbocycles. The van der Waals surface area contributed by atoms with Gasteiger partial charge in [0.1, 0.15) is 11.7 Å². The molecular formula is C24H29F3N8O. The molecule has 2 atom stereocenters. The molecule has 1 amide bonds. The first kappa shape index (κ1) is 25.7. The highest BCUT2D eigenvalue weighted by atomic mass is 19.4. The van der Waals surface area contributed by atoms with Crippen molar-refractivity contribution in [2.24, 2.45) is 16.6 Å². The number of hydrogen-bond acceptors (Lipinski definition) is 7. The van der Waals surface area contributed by atoms with Crippen LogP contribution in [0.25, 0.3) is 16.7 Å². The Morgan fingerprint density at radius 1 is 1.39 bits per heavy atom. The average Bonchev–Trinajstić information content (AvgIpc) is 3.25. The number of pyridine rings is 1. The van der Waals surface area contributed by atoms with E-state index in [1.54, 1.807) is 18.1 Å². The molecule has 4 N–H and O–H groups in total. The van der Waals surface area contributed by atoms with Gasteiger partial charge in [-0.05, 0) is 31.7 Å². The molecule has 0 aromatic carbocycles. The molecule has 2 aliphatic rings. The molecule has 12 heteroatoms. The first-order chi connectivity index (χ1) is 17.1. The lowest BCUT2D eigenvalue weighted by Crippen LogP contribution is -2.47. The number of aromatic nitrogens is 2. The second-order valence-electron chi connectivity index (χ2n) is 9.37. The van der Waals surface area contributed by atoms with E-state index in [1.807, 2.05) is 11.8 Å². The van der Waals surface area contributed by atoms with E-state index in [1.165, 1.54) is 6.21 Å². The standard InChI is InChI=1S/C24H29F3N8O/c1-14(29)7-20(36)35-5-3-15(4-6-35)10-32-23-33-11-16(9-28)21(34(23)2)19-13-31-22-18(19)8-17(12-30-22)24(25,26)27/h8,11-15,23,32H,3-7,10,29H2,1-2H3,(H,30,31)/t14-,23?/m0/s1. The summed E-state index contributed by atoms with van der Waals surface area (Å²) in [5.74, 6) is 0.415. The zero-order valence-corrected chi connectivity index (χ0v) is 20.1. The number of halogens is 3. The fraction of sp³-hybridized carbons (Fsp3) is 0.500. The van der Waals surface area contributed by atoms with E-state index in [4.69, 9.17) is 5.73 Å². The summed E-state index contributed by atoms with van der Waals surface area (Å²) < 4.78 is 39.9. The van der Waals surface area contributed by atoms with Crippen LogP contribution in [0.15, 0.2) is 29.0 Å². The van der Waals surface area contributed by atoms with Crippen molar-refractivity contribution in [3.05, 3.63) is 35.2 Å². The highest BCUT2D eigenvalue weighted by Crippen LogP contribution is 2.35. The van der Waals surface area contributed by atoms with Crippen LogP contribution < -0.4 is 11.1 Å².